The largest absolute Gasteiger partial charge is 0.480 e. The molecule has 4 atom stereocenters. The lowest BCUT2D eigenvalue weighted by Gasteiger charge is -2.28. The summed E-state index contributed by atoms with van der Waals surface area (Å²) in [6, 6.07) is -4.99. The third kappa shape index (κ3) is 15.4. The van der Waals surface area contributed by atoms with Gasteiger partial charge in [0.1, 0.15) is 24.2 Å². The number of aliphatic carboxylic acids is 1. The lowest BCUT2D eigenvalue weighted by Crippen LogP contribution is -2.59. The summed E-state index contributed by atoms with van der Waals surface area (Å²) in [5.74, 6) is -5.67. The number of carboxylic acids is 1. The summed E-state index contributed by atoms with van der Waals surface area (Å²) < 4.78 is 0. The molecule has 0 unspecified atom stereocenters. The van der Waals surface area contributed by atoms with Gasteiger partial charge in [-0.1, -0.05) is 27.7 Å². The van der Waals surface area contributed by atoms with E-state index in [2.05, 4.69) is 31.6 Å². The number of aliphatic hydroxyl groups excluding tert-OH is 1. The molecule has 0 heterocycles. The van der Waals surface area contributed by atoms with Crippen molar-refractivity contribution >= 4 is 41.5 Å². The molecule has 41 heavy (non-hydrogen) atoms. The number of hydrogen-bond donors (Lipinski definition) is 10. The molecule has 0 spiro atoms. The van der Waals surface area contributed by atoms with Crippen LogP contribution in [-0.4, -0.2) is 102 Å². The van der Waals surface area contributed by atoms with Crippen molar-refractivity contribution in [3.63, 3.8) is 0 Å². The number of guanidine groups is 1. The van der Waals surface area contributed by atoms with Crippen LogP contribution in [0.4, 0.5) is 0 Å². The summed E-state index contributed by atoms with van der Waals surface area (Å²) in [6.45, 7) is 5.44. The Balaban J connectivity index is 5.49. The van der Waals surface area contributed by atoms with Crippen LogP contribution in [0.5, 0.6) is 0 Å². The highest BCUT2D eigenvalue weighted by atomic mass is 16.4. The standard InChI is InChI=1S/C24H45N9O8/c1-12(2)8-15(32-21(38)16(11-34)30-18(36)10-29-17(35)9-25)20(37)33-19(13(3)4)22(39)31-14(23(40)41)6-5-7-28-24(26)27/h12-16,19,34H,5-11,25H2,1-4H3,(H,29,35)(H,30,36)(H,31,39)(H,32,38)(H,33,37)(H,40,41)(H4,26,27,28)/t14-,15-,16-,19-/m0/s1. The zero-order valence-corrected chi connectivity index (χ0v) is 23.9. The number of carbonyl (C=O) groups excluding carboxylic acids is 5. The number of aliphatic imine (C=N–C) groups is 1. The number of nitrogens with two attached hydrogens (primary N) is 3. The predicted octanol–water partition coefficient (Wildman–Crippen LogP) is -4.17. The fraction of sp³-hybridized carbons (Fsp3) is 0.708. The van der Waals surface area contributed by atoms with Gasteiger partial charge in [-0.25, -0.2) is 4.79 Å². The predicted molar refractivity (Wildman–Crippen MR) is 149 cm³/mol. The molecule has 0 aliphatic heterocycles. The van der Waals surface area contributed by atoms with Crippen molar-refractivity contribution < 1.29 is 39.0 Å². The quantitative estimate of drug-likeness (QED) is 0.0393. The lowest BCUT2D eigenvalue weighted by atomic mass is 9.99. The fourth-order valence-electron chi connectivity index (χ4n) is 3.48. The van der Waals surface area contributed by atoms with Crippen LogP contribution in [0.1, 0.15) is 47.0 Å². The van der Waals surface area contributed by atoms with Gasteiger partial charge in [-0.15, -0.1) is 0 Å². The molecule has 17 heteroatoms. The molecule has 0 aromatic rings. The van der Waals surface area contributed by atoms with E-state index in [9.17, 15) is 39.0 Å². The number of nitrogens with one attached hydrogen (secondary N) is 5. The van der Waals surface area contributed by atoms with Crippen molar-refractivity contribution in [3.8, 4) is 0 Å². The van der Waals surface area contributed by atoms with Crippen LogP contribution in [0.25, 0.3) is 0 Å². The summed E-state index contributed by atoms with van der Waals surface area (Å²) in [6.07, 6.45) is 0.455. The van der Waals surface area contributed by atoms with E-state index in [1.54, 1.807) is 27.7 Å². The van der Waals surface area contributed by atoms with Crippen molar-refractivity contribution in [2.75, 3.05) is 26.2 Å². The highest BCUT2D eigenvalue weighted by molar-refractivity contribution is 5.95. The van der Waals surface area contributed by atoms with Crippen molar-refractivity contribution in [3.05, 3.63) is 0 Å². The maximum Gasteiger partial charge on any atom is 0.326 e. The first kappa shape index (κ1) is 37.0. The van der Waals surface area contributed by atoms with Crippen LogP contribution in [-0.2, 0) is 28.8 Å². The summed E-state index contributed by atoms with van der Waals surface area (Å²) in [5.41, 5.74) is 15.7. The number of aliphatic hydroxyl groups is 1. The Hall–Kier alpha value is -3.99. The third-order valence-electron chi connectivity index (χ3n) is 5.61. The van der Waals surface area contributed by atoms with Gasteiger partial charge >= 0.3 is 5.97 Å². The second-order valence-electron chi connectivity index (χ2n) is 10.1. The third-order valence-corrected chi connectivity index (χ3v) is 5.61. The topological polar surface area (TPSA) is 293 Å². The SMILES string of the molecule is CC(C)C[C@H](NC(=O)[C@H](CO)NC(=O)CNC(=O)CN)C(=O)N[C@H](C(=O)N[C@@H](CCCN=C(N)N)C(=O)O)C(C)C. The Morgan fingerprint density at radius 3 is 1.88 bits per heavy atom. The summed E-state index contributed by atoms with van der Waals surface area (Å²) in [7, 11) is 0. The van der Waals surface area contributed by atoms with Gasteiger partial charge in [-0.3, -0.25) is 29.0 Å². The minimum atomic E-state index is -1.43. The molecule has 0 radical (unpaired) electrons. The normalized spacial score (nSPS) is 13.8. The summed E-state index contributed by atoms with van der Waals surface area (Å²) in [5, 5.41) is 31.1. The van der Waals surface area contributed by atoms with E-state index < -0.39 is 78.7 Å². The smallest absolute Gasteiger partial charge is 0.326 e. The van der Waals surface area contributed by atoms with Crippen LogP contribution in [0.2, 0.25) is 0 Å². The van der Waals surface area contributed by atoms with Crippen LogP contribution in [0.15, 0.2) is 4.99 Å². The molecule has 0 saturated carbocycles. The minimum absolute atomic E-state index is 0.0345. The van der Waals surface area contributed by atoms with Crippen LogP contribution in [0, 0.1) is 11.8 Å². The zero-order valence-electron chi connectivity index (χ0n) is 23.9. The van der Waals surface area contributed by atoms with Gasteiger partial charge in [-0.05, 0) is 31.1 Å². The van der Waals surface area contributed by atoms with Crippen molar-refractivity contribution in [2.45, 2.75) is 71.1 Å². The first-order chi connectivity index (χ1) is 19.1. The van der Waals surface area contributed by atoms with Gasteiger partial charge in [0.05, 0.1) is 19.7 Å². The molecular weight excluding hydrogens is 542 g/mol. The number of rotatable bonds is 19. The highest BCUT2D eigenvalue weighted by Gasteiger charge is 2.32. The number of carboxylic acid groups (broad SMARTS) is 1. The Kier molecular flexibility index (Phi) is 17.3. The van der Waals surface area contributed by atoms with Crippen LogP contribution >= 0.6 is 0 Å². The zero-order chi connectivity index (χ0) is 31.7. The Morgan fingerprint density at radius 2 is 1.39 bits per heavy atom. The maximum absolute atomic E-state index is 13.2. The molecule has 0 aliphatic carbocycles. The van der Waals surface area contributed by atoms with E-state index >= 15 is 0 Å². The summed E-state index contributed by atoms with van der Waals surface area (Å²) in [4.78, 5) is 77.7. The van der Waals surface area contributed by atoms with Gasteiger partial charge in [0.25, 0.3) is 0 Å². The molecule has 0 aliphatic rings. The molecule has 0 aromatic carbocycles. The van der Waals surface area contributed by atoms with Crippen LogP contribution < -0.4 is 43.8 Å². The van der Waals surface area contributed by atoms with Crippen molar-refractivity contribution in [1.29, 1.82) is 0 Å². The molecule has 0 aromatic heterocycles. The fourth-order valence-corrected chi connectivity index (χ4v) is 3.48. The van der Waals surface area contributed by atoms with E-state index in [-0.39, 0.29) is 44.2 Å². The molecule has 0 fully saturated rings. The molecule has 0 rings (SSSR count). The Bertz CT molecular complexity index is 938. The highest BCUT2D eigenvalue weighted by Crippen LogP contribution is 2.09. The van der Waals surface area contributed by atoms with Crippen LogP contribution in [0.3, 0.4) is 0 Å². The minimum Gasteiger partial charge on any atom is -0.480 e. The maximum atomic E-state index is 13.2. The van der Waals surface area contributed by atoms with Gasteiger partial charge in [0.2, 0.25) is 29.5 Å². The van der Waals surface area contributed by atoms with E-state index in [1.807, 2.05) is 0 Å². The van der Waals surface area contributed by atoms with Gasteiger partial charge in [-0.2, -0.15) is 0 Å². The monoisotopic (exact) mass is 587 g/mol. The average molecular weight is 588 g/mol. The number of nitrogens with zero attached hydrogens (tertiary/aromatic N) is 1. The van der Waals surface area contributed by atoms with E-state index in [0.29, 0.717) is 0 Å². The Morgan fingerprint density at radius 1 is 0.805 bits per heavy atom. The molecule has 13 N–H and O–H groups in total. The number of amides is 5. The van der Waals surface area contributed by atoms with Gasteiger partial charge in [0.15, 0.2) is 5.96 Å². The molecular formula is C24H45N9O8. The molecule has 0 saturated heterocycles. The van der Waals surface area contributed by atoms with Gasteiger partial charge in [0, 0.05) is 6.54 Å². The second kappa shape index (κ2) is 19.1. The average Bonchev–Trinajstić information content (AvgIpc) is 2.88. The Labute approximate surface area is 238 Å². The molecule has 17 nitrogen and oxygen atoms in total. The first-order valence-electron chi connectivity index (χ1n) is 13.2. The molecule has 0 bridgehead atoms. The van der Waals surface area contributed by atoms with E-state index in [4.69, 9.17) is 17.2 Å². The summed E-state index contributed by atoms with van der Waals surface area (Å²) >= 11 is 0. The lowest BCUT2D eigenvalue weighted by molar-refractivity contribution is -0.143. The second-order valence-corrected chi connectivity index (χ2v) is 10.1. The number of carbonyl (C=O) groups is 6. The van der Waals surface area contributed by atoms with Crippen molar-refractivity contribution in [2.24, 2.45) is 34.0 Å². The molecule has 234 valence electrons. The first-order valence-corrected chi connectivity index (χ1v) is 13.2. The molecule has 5 amide bonds. The van der Waals surface area contributed by atoms with E-state index in [1.165, 1.54) is 0 Å². The van der Waals surface area contributed by atoms with Crippen molar-refractivity contribution in [1.82, 2.24) is 26.6 Å². The number of hydrogen-bond acceptors (Lipinski definition) is 9. The van der Waals surface area contributed by atoms with E-state index in [0.717, 1.165) is 0 Å². The van der Waals surface area contributed by atoms with Gasteiger partial charge < -0.3 is 54.0 Å².